The van der Waals surface area contributed by atoms with Crippen LogP contribution in [0.2, 0.25) is 0 Å². The fourth-order valence-corrected chi connectivity index (χ4v) is 2.70. The molecule has 0 aliphatic rings. The highest BCUT2D eigenvalue weighted by molar-refractivity contribution is 5.82. The van der Waals surface area contributed by atoms with Crippen molar-refractivity contribution in [1.29, 1.82) is 0 Å². The molecular weight excluding hydrogens is 316 g/mol. The molecule has 3 N–H and O–H groups in total. The van der Waals surface area contributed by atoms with E-state index >= 15 is 0 Å². The third kappa shape index (κ3) is 5.35. The molecule has 0 aromatic heterocycles. The number of rotatable bonds is 7. The van der Waals surface area contributed by atoms with Crippen LogP contribution in [0.1, 0.15) is 30.9 Å². The number of hydrogen-bond donors (Lipinski definition) is 3. The zero-order chi connectivity index (χ0) is 18.2. The summed E-state index contributed by atoms with van der Waals surface area (Å²) in [5, 5.41) is 14.5. The molecule has 2 aromatic rings. The number of carboxylic acids is 1. The van der Waals surface area contributed by atoms with Gasteiger partial charge in [-0.05, 0) is 17.0 Å². The number of aliphatic carboxylic acids is 1. The molecule has 1 atom stereocenters. The van der Waals surface area contributed by atoms with Gasteiger partial charge in [0.25, 0.3) is 0 Å². The smallest absolute Gasteiger partial charge is 0.326 e. The first-order valence-corrected chi connectivity index (χ1v) is 8.36. The Morgan fingerprint density at radius 3 is 1.80 bits per heavy atom. The molecule has 5 heteroatoms. The van der Waals surface area contributed by atoms with E-state index < -0.39 is 18.0 Å². The Labute approximate surface area is 148 Å². The Balaban J connectivity index is 2.08. The summed E-state index contributed by atoms with van der Waals surface area (Å²) in [6.45, 7) is 3.90. The van der Waals surface area contributed by atoms with Crippen molar-refractivity contribution in [2.75, 3.05) is 6.54 Å². The van der Waals surface area contributed by atoms with E-state index in [4.69, 9.17) is 0 Å². The van der Waals surface area contributed by atoms with E-state index in [1.807, 2.05) is 60.7 Å². The van der Waals surface area contributed by atoms with E-state index in [-0.39, 0.29) is 11.8 Å². The summed E-state index contributed by atoms with van der Waals surface area (Å²) in [6, 6.07) is 18.4. The average Bonchev–Trinajstić information content (AvgIpc) is 2.61. The van der Waals surface area contributed by atoms with Gasteiger partial charge < -0.3 is 15.7 Å². The van der Waals surface area contributed by atoms with Crippen LogP contribution in [0.25, 0.3) is 0 Å². The Bertz CT molecular complexity index is 647. The molecular formula is C20H24N2O3. The fraction of sp³-hybridized carbons (Fsp3) is 0.300. The zero-order valence-corrected chi connectivity index (χ0v) is 14.5. The number of carbonyl (C=O) groups is 2. The minimum atomic E-state index is -1.03. The minimum Gasteiger partial charge on any atom is -0.480 e. The third-order valence-corrected chi connectivity index (χ3v) is 4.09. The quantitative estimate of drug-likeness (QED) is 0.724. The van der Waals surface area contributed by atoms with E-state index in [2.05, 4.69) is 10.6 Å². The summed E-state index contributed by atoms with van der Waals surface area (Å²) < 4.78 is 0. The molecule has 0 aliphatic carbocycles. The van der Waals surface area contributed by atoms with Crippen molar-refractivity contribution < 1.29 is 14.7 Å². The predicted molar refractivity (Wildman–Crippen MR) is 97.5 cm³/mol. The average molecular weight is 340 g/mol. The maximum absolute atomic E-state index is 12.1. The standard InChI is InChI=1S/C20H24N2O3/c1-14(2)18(19(23)24)22-20(25)21-13-17(15-9-5-3-6-10-15)16-11-7-4-8-12-16/h3-12,14,17-18H,13H2,1-2H3,(H,23,24)(H2,21,22,25)/t18-/m0/s1. The number of carboxylic acid groups (broad SMARTS) is 1. The number of hydrogen-bond acceptors (Lipinski definition) is 2. The topological polar surface area (TPSA) is 78.4 Å². The highest BCUT2D eigenvalue weighted by Gasteiger charge is 2.24. The number of amides is 2. The Morgan fingerprint density at radius 2 is 1.40 bits per heavy atom. The summed E-state index contributed by atoms with van der Waals surface area (Å²) in [4.78, 5) is 23.4. The van der Waals surface area contributed by atoms with Crippen LogP contribution in [-0.2, 0) is 4.79 Å². The molecule has 2 amide bonds. The summed E-state index contributed by atoms with van der Waals surface area (Å²) in [5.74, 6) is -1.23. The maximum Gasteiger partial charge on any atom is 0.326 e. The predicted octanol–water partition coefficient (Wildman–Crippen LogP) is 3.23. The molecule has 0 spiro atoms. The molecule has 0 radical (unpaired) electrons. The minimum absolute atomic E-state index is 0.00419. The lowest BCUT2D eigenvalue weighted by molar-refractivity contribution is -0.140. The molecule has 0 aliphatic heterocycles. The van der Waals surface area contributed by atoms with Crippen LogP contribution in [0.5, 0.6) is 0 Å². The van der Waals surface area contributed by atoms with E-state index in [0.29, 0.717) is 6.54 Å². The number of urea groups is 1. The molecule has 0 unspecified atom stereocenters. The van der Waals surface area contributed by atoms with E-state index in [9.17, 15) is 14.7 Å². The lowest BCUT2D eigenvalue weighted by Gasteiger charge is -2.21. The van der Waals surface area contributed by atoms with Gasteiger partial charge in [0.2, 0.25) is 0 Å². The van der Waals surface area contributed by atoms with Crippen LogP contribution in [0.3, 0.4) is 0 Å². The van der Waals surface area contributed by atoms with Gasteiger partial charge in [0.1, 0.15) is 6.04 Å². The fourth-order valence-electron chi connectivity index (χ4n) is 2.70. The summed E-state index contributed by atoms with van der Waals surface area (Å²) in [5.41, 5.74) is 2.18. The lowest BCUT2D eigenvalue weighted by atomic mass is 9.91. The molecule has 0 bridgehead atoms. The highest BCUT2D eigenvalue weighted by Crippen LogP contribution is 2.23. The van der Waals surface area contributed by atoms with E-state index in [0.717, 1.165) is 11.1 Å². The van der Waals surface area contributed by atoms with E-state index in [1.165, 1.54) is 0 Å². The van der Waals surface area contributed by atoms with Gasteiger partial charge >= 0.3 is 12.0 Å². The molecule has 2 aromatic carbocycles. The molecule has 25 heavy (non-hydrogen) atoms. The van der Waals surface area contributed by atoms with Gasteiger partial charge in [-0.2, -0.15) is 0 Å². The van der Waals surface area contributed by atoms with Crippen LogP contribution >= 0.6 is 0 Å². The normalized spacial score (nSPS) is 12.0. The van der Waals surface area contributed by atoms with Gasteiger partial charge in [0.15, 0.2) is 0 Å². The first-order chi connectivity index (χ1) is 12.0. The second-order valence-corrected chi connectivity index (χ2v) is 6.29. The van der Waals surface area contributed by atoms with Gasteiger partial charge in [0.05, 0.1) is 0 Å². The van der Waals surface area contributed by atoms with Gasteiger partial charge in [-0.25, -0.2) is 9.59 Å². The van der Waals surface area contributed by atoms with Gasteiger partial charge in [-0.1, -0.05) is 74.5 Å². The van der Waals surface area contributed by atoms with Gasteiger partial charge in [0, 0.05) is 12.5 Å². The van der Waals surface area contributed by atoms with Crippen LogP contribution in [0.4, 0.5) is 4.79 Å². The summed E-state index contributed by atoms with van der Waals surface area (Å²) >= 11 is 0. The molecule has 5 nitrogen and oxygen atoms in total. The monoisotopic (exact) mass is 340 g/mol. The molecule has 0 saturated carbocycles. The van der Waals surface area contributed by atoms with Gasteiger partial charge in [-0.15, -0.1) is 0 Å². The van der Waals surface area contributed by atoms with Crippen LogP contribution < -0.4 is 10.6 Å². The Kier molecular flexibility index (Phi) is 6.57. The van der Waals surface area contributed by atoms with Crippen molar-refractivity contribution in [3.05, 3.63) is 71.8 Å². The van der Waals surface area contributed by atoms with Crippen molar-refractivity contribution in [3.8, 4) is 0 Å². The molecule has 2 rings (SSSR count). The lowest BCUT2D eigenvalue weighted by Crippen LogP contribution is -2.49. The van der Waals surface area contributed by atoms with Crippen molar-refractivity contribution in [1.82, 2.24) is 10.6 Å². The first kappa shape index (κ1) is 18.5. The number of benzene rings is 2. The SMILES string of the molecule is CC(C)[C@H](NC(=O)NCC(c1ccccc1)c1ccccc1)C(=O)O. The van der Waals surface area contributed by atoms with Crippen molar-refractivity contribution in [2.45, 2.75) is 25.8 Å². The first-order valence-electron chi connectivity index (χ1n) is 8.36. The zero-order valence-electron chi connectivity index (χ0n) is 14.5. The van der Waals surface area contributed by atoms with E-state index in [1.54, 1.807) is 13.8 Å². The van der Waals surface area contributed by atoms with Crippen LogP contribution in [0, 0.1) is 5.92 Å². The van der Waals surface area contributed by atoms with Crippen molar-refractivity contribution >= 4 is 12.0 Å². The van der Waals surface area contributed by atoms with Crippen molar-refractivity contribution in [3.63, 3.8) is 0 Å². The second-order valence-electron chi connectivity index (χ2n) is 6.29. The summed E-state index contributed by atoms with van der Waals surface area (Å²) in [7, 11) is 0. The third-order valence-electron chi connectivity index (χ3n) is 4.09. The molecule has 0 saturated heterocycles. The second kappa shape index (κ2) is 8.87. The van der Waals surface area contributed by atoms with Crippen LogP contribution in [-0.4, -0.2) is 29.7 Å². The van der Waals surface area contributed by atoms with Gasteiger partial charge in [-0.3, -0.25) is 0 Å². The Hall–Kier alpha value is -2.82. The van der Waals surface area contributed by atoms with Crippen molar-refractivity contribution in [2.24, 2.45) is 5.92 Å². The largest absolute Gasteiger partial charge is 0.480 e. The number of carbonyl (C=O) groups excluding carboxylic acids is 1. The maximum atomic E-state index is 12.1. The molecule has 0 heterocycles. The molecule has 132 valence electrons. The summed E-state index contributed by atoms with van der Waals surface area (Å²) in [6.07, 6.45) is 0. The number of nitrogens with one attached hydrogen (secondary N) is 2. The van der Waals surface area contributed by atoms with Crippen LogP contribution in [0.15, 0.2) is 60.7 Å². The Morgan fingerprint density at radius 1 is 0.920 bits per heavy atom. The highest BCUT2D eigenvalue weighted by atomic mass is 16.4. The molecule has 0 fully saturated rings.